The van der Waals surface area contributed by atoms with Crippen molar-refractivity contribution in [2.24, 2.45) is 0 Å². The molecule has 0 atom stereocenters. The Kier molecular flexibility index (Phi) is 7.03. The minimum atomic E-state index is 0.652. The molecule has 0 unspecified atom stereocenters. The molecular weight excluding hydrogens is 717 g/mol. The largest absolute Gasteiger partial charge is 0.454 e. The summed E-state index contributed by atoms with van der Waals surface area (Å²) in [6.07, 6.45) is 0. The van der Waals surface area contributed by atoms with E-state index in [4.69, 9.17) is 19.4 Å². The van der Waals surface area contributed by atoms with E-state index in [0.29, 0.717) is 17.5 Å². The van der Waals surface area contributed by atoms with E-state index >= 15 is 0 Å². The highest BCUT2D eigenvalue weighted by molar-refractivity contribution is 7.26. The lowest BCUT2D eigenvalue weighted by atomic mass is 10.0. The van der Waals surface area contributed by atoms with Gasteiger partial charge in [0.05, 0.1) is 16.7 Å². The maximum atomic E-state index is 6.87. The molecule has 0 saturated carbocycles. The molecule has 4 aromatic heterocycles. The Bertz CT molecular complexity index is 3420. The van der Waals surface area contributed by atoms with Gasteiger partial charge in [-0.25, -0.2) is 15.0 Å². The second-order valence-corrected chi connectivity index (χ2v) is 15.4. The second kappa shape index (κ2) is 12.6. The van der Waals surface area contributed by atoms with Gasteiger partial charge in [-0.05, 0) is 47.5 Å². The number of hydrogen-bond acceptors (Lipinski definition) is 5. The molecule has 0 saturated heterocycles. The van der Waals surface area contributed by atoms with Crippen LogP contribution >= 0.6 is 11.3 Å². The molecule has 0 radical (unpaired) electrons. The van der Waals surface area contributed by atoms with Crippen molar-refractivity contribution in [3.8, 4) is 51.0 Å². The fourth-order valence-electron chi connectivity index (χ4n) is 8.46. The van der Waals surface area contributed by atoms with E-state index in [-0.39, 0.29) is 0 Å². The molecule has 8 aromatic carbocycles. The maximum absolute atomic E-state index is 6.87. The van der Waals surface area contributed by atoms with E-state index in [9.17, 15) is 0 Å². The first-order valence-electron chi connectivity index (χ1n) is 19.0. The highest BCUT2D eigenvalue weighted by Crippen LogP contribution is 2.45. The van der Waals surface area contributed by atoms with E-state index in [1.807, 2.05) is 60.7 Å². The van der Waals surface area contributed by atoms with Crippen LogP contribution in [0.25, 0.3) is 115 Å². The van der Waals surface area contributed by atoms with Gasteiger partial charge < -0.3 is 8.98 Å². The van der Waals surface area contributed by atoms with Crippen LogP contribution in [-0.4, -0.2) is 19.5 Å². The van der Waals surface area contributed by atoms with Crippen LogP contribution < -0.4 is 0 Å². The Morgan fingerprint density at radius 3 is 1.58 bits per heavy atom. The summed E-state index contributed by atoms with van der Waals surface area (Å²) >= 11 is 1.79. The standard InChI is InChI=1S/C51H30N4OS/c1-3-14-31(15-4-1)49-52-50(32-16-5-2-6-17-32)54-51(53-49)41-24-12-23-40-39-22-11-20-34(47(39)57-48(40)41)33-28-29-37-38-21-13-27-44(46(38)56-45(37)30-33)55-42-25-9-7-18-35(42)36-19-8-10-26-43(36)55/h1-30H. The van der Waals surface area contributed by atoms with Gasteiger partial charge >= 0.3 is 0 Å². The van der Waals surface area contributed by atoms with Crippen molar-refractivity contribution in [3.63, 3.8) is 0 Å². The number of furan rings is 1. The van der Waals surface area contributed by atoms with E-state index in [1.165, 1.54) is 26.2 Å². The normalized spacial score (nSPS) is 11.9. The highest BCUT2D eigenvalue weighted by Gasteiger charge is 2.20. The number of nitrogens with zero attached hydrogens (tertiary/aromatic N) is 4. The van der Waals surface area contributed by atoms with Crippen LogP contribution in [0.1, 0.15) is 0 Å². The lowest BCUT2D eigenvalue weighted by Gasteiger charge is -2.09. The lowest BCUT2D eigenvalue weighted by molar-refractivity contribution is 0.666. The molecule has 12 aromatic rings. The number of rotatable bonds is 5. The van der Waals surface area contributed by atoms with Gasteiger partial charge in [0.1, 0.15) is 5.58 Å². The van der Waals surface area contributed by atoms with Gasteiger partial charge in [0.25, 0.3) is 0 Å². The molecule has 0 amide bonds. The number of aromatic nitrogens is 4. The molecule has 6 heteroatoms. The lowest BCUT2D eigenvalue weighted by Crippen LogP contribution is -2.00. The van der Waals surface area contributed by atoms with Crippen molar-refractivity contribution in [2.75, 3.05) is 0 Å². The van der Waals surface area contributed by atoms with Crippen LogP contribution in [0.2, 0.25) is 0 Å². The molecule has 5 nitrogen and oxygen atoms in total. The first-order valence-corrected chi connectivity index (χ1v) is 19.8. The minimum Gasteiger partial charge on any atom is -0.454 e. The van der Waals surface area contributed by atoms with Crippen LogP contribution in [0.5, 0.6) is 0 Å². The van der Waals surface area contributed by atoms with Gasteiger partial charge in [-0.2, -0.15) is 0 Å². The van der Waals surface area contributed by atoms with Crippen molar-refractivity contribution in [3.05, 3.63) is 182 Å². The highest BCUT2D eigenvalue weighted by atomic mass is 32.1. The summed E-state index contributed by atoms with van der Waals surface area (Å²) in [6.45, 7) is 0. The predicted molar refractivity (Wildman–Crippen MR) is 236 cm³/mol. The fourth-order valence-corrected chi connectivity index (χ4v) is 9.81. The summed E-state index contributed by atoms with van der Waals surface area (Å²) in [5, 5.41) is 7.04. The Morgan fingerprint density at radius 2 is 0.912 bits per heavy atom. The Balaban J connectivity index is 1.02. The Morgan fingerprint density at radius 1 is 0.386 bits per heavy atom. The molecule has 0 spiro atoms. The van der Waals surface area contributed by atoms with Gasteiger partial charge in [-0.1, -0.05) is 146 Å². The zero-order chi connectivity index (χ0) is 37.5. The molecule has 266 valence electrons. The van der Waals surface area contributed by atoms with E-state index in [2.05, 4.69) is 126 Å². The molecule has 4 heterocycles. The summed E-state index contributed by atoms with van der Waals surface area (Å²) in [5.74, 6) is 1.96. The molecule has 0 aliphatic carbocycles. The van der Waals surface area contributed by atoms with Gasteiger partial charge in [0.15, 0.2) is 23.1 Å². The predicted octanol–water partition coefficient (Wildman–Crippen LogP) is 13.9. The minimum absolute atomic E-state index is 0.652. The van der Waals surface area contributed by atoms with Gasteiger partial charge in [-0.3, -0.25) is 0 Å². The number of para-hydroxylation sites is 3. The Labute approximate surface area is 330 Å². The van der Waals surface area contributed by atoms with Crippen molar-refractivity contribution >= 4 is 75.3 Å². The molecular formula is C51H30N4OS. The zero-order valence-corrected chi connectivity index (χ0v) is 31.2. The average molecular weight is 747 g/mol. The van der Waals surface area contributed by atoms with Crippen LogP contribution in [0.4, 0.5) is 0 Å². The molecule has 0 fully saturated rings. The topological polar surface area (TPSA) is 56.7 Å². The SMILES string of the molecule is c1ccc(-c2nc(-c3ccccc3)nc(-c3cccc4c3sc3c(-c5ccc6c(c5)oc5c(-n7c8ccccc8c8ccccc87)cccc56)cccc34)n2)cc1. The summed E-state index contributed by atoms with van der Waals surface area (Å²) < 4.78 is 11.6. The molecule has 57 heavy (non-hydrogen) atoms. The van der Waals surface area contributed by atoms with Crippen LogP contribution in [0, 0.1) is 0 Å². The summed E-state index contributed by atoms with van der Waals surface area (Å²) in [6, 6.07) is 63.6. The smallest absolute Gasteiger partial charge is 0.165 e. The van der Waals surface area contributed by atoms with Crippen molar-refractivity contribution < 1.29 is 4.42 Å². The van der Waals surface area contributed by atoms with Gasteiger partial charge in [0, 0.05) is 58.4 Å². The van der Waals surface area contributed by atoms with E-state index < -0.39 is 0 Å². The first kappa shape index (κ1) is 31.9. The van der Waals surface area contributed by atoms with Crippen LogP contribution in [0.3, 0.4) is 0 Å². The fraction of sp³-hybridized carbons (Fsp3) is 0. The second-order valence-electron chi connectivity index (χ2n) is 14.3. The quantitative estimate of drug-likeness (QED) is 0.176. The summed E-state index contributed by atoms with van der Waals surface area (Å²) in [5.41, 5.74) is 10.3. The van der Waals surface area contributed by atoms with Crippen molar-refractivity contribution in [2.45, 2.75) is 0 Å². The summed E-state index contributed by atoms with van der Waals surface area (Å²) in [4.78, 5) is 15.1. The average Bonchev–Trinajstić information content (AvgIpc) is 3.96. The Hall–Kier alpha value is -7.41. The zero-order valence-electron chi connectivity index (χ0n) is 30.4. The first-order chi connectivity index (χ1) is 28.3. The van der Waals surface area contributed by atoms with Gasteiger partial charge in [-0.15, -0.1) is 11.3 Å². The summed E-state index contributed by atoms with van der Waals surface area (Å²) in [7, 11) is 0. The van der Waals surface area contributed by atoms with E-state index in [1.54, 1.807) is 11.3 Å². The van der Waals surface area contributed by atoms with Crippen LogP contribution in [-0.2, 0) is 0 Å². The molecule has 12 rings (SSSR count). The molecule has 0 N–H and O–H groups in total. The number of benzene rings is 8. The number of thiophene rings is 1. The van der Waals surface area contributed by atoms with E-state index in [0.717, 1.165) is 71.2 Å². The molecule has 0 aliphatic heterocycles. The van der Waals surface area contributed by atoms with Crippen LogP contribution in [0.15, 0.2) is 186 Å². The number of hydrogen-bond donors (Lipinski definition) is 0. The third-order valence-corrected chi connectivity index (χ3v) is 12.4. The van der Waals surface area contributed by atoms with Gasteiger partial charge in [0.2, 0.25) is 0 Å². The third-order valence-electron chi connectivity index (χ3n) is 11.1. The molecule has 0 aliphatic rings. The molecule has 0 bridgehead atoms. The monoisotopic (exact) mass is 746 g/mol. The van der Waals surface area contributed by atoms with Crippen molar-refractivity contribution in [1.29, 1.82) is 0 Å². The van der Waals surface area contributed by atoms with Crippen molar-refractivity contribution in [1.82, 2.24) is 19.5 Å². The number of fused-ring (bicyclic) bond motifs is 9. The maximum Gasteiger partial charge on any atom is 0.165 e. The third kappa shape index (κ3) is 4.98.